The fourth-order valence-electron chi connectivity index (χ4n) is 2.29. The Kier molecular flexibility index (Phi) is 6.29. The van der Waals surface area contributed by atoms with Gasteiger partial charge in [0.05, 0.1) is 34.8 Å². The molecule has 1 unspecified atom stereocenters. The van der Waals surface area contributed by atoms with Crippen LogP contribution in [0.5, 0.6) is 11.6 Å². The van der Waals surface area contributed by atoms with Gasteiger partial charge in [0.25, 0.3) is 0 Å². The first-order chi connectivity index (χ1) is 12.0. The molecule has 0 aliphatic carbocycles. The fraction of sp³-hybridized carbons (Fsp3) is 0.474. The highest BCUT2D eigenvalue weighted by molar-refractivity contribution is 7.85. The van der Waals surface area contributed by atoms with Gasteiger partial charge in [0.1, 0.15) is 22.3 Å². The number of benzene rings is 1. The van der Waals surface area contributed by atoms with Crippen molar-refractivity contribution in [2.45, 2.75) is 52.4 Å². The number of pyridine rings is 1. The van der Waals surface area contributed by atoms with E-state index in [0.29, 0.717) is 22.4 Å². The number of nitrogens with zero attached hydrogens (tertiary/aromatic N) is 1. The first kappa shape index (κ1) is 20.6. The van der Waals surface area contributed by atoms with Crippen molar-refractivity contribution in [3.63, 3.8) is 0 Å². The maximum atomic E-state index is 12.3. The summed E-state index contributed by atoms with van der Waals surface area (Å²) in [4.78, 5) is 3.24. The second-order valence-electron chi connectivity index (χ2n) is 7.29. The summed E-state index contributed by atoms with van der Waals surface area (Å²) in [5.41, 5.74) is 2.20. The van der Waals surface area contributed by atoms with Gasteiger partial charge < -0.3 is 9.47 Å². The minimum absolute atomic E-state index is 0.0212. The van der Waals surface area contributed by atoms with Gasteiger partial charge in [-0.3, -0.25) is 0 Å². The van der Waals surface area contributed by atoms with Gasteiger partial charge in [-0.25, -0.2) is 4.21 Å². The van der Waals surface area contributed by atoms with Crippen molar-refractivity contribution in [1.82, 2.24) is 0 Å². The van der Waals surface area contributed by atoms with Crippen LogP contribution in [-0.4, -0.2) is 27.9 Å². The molecule has 1 N–H and O–H groups in total. The zero-order valence-corrected chi connectivity index (χ0v) is 17.8. The highest BCUT2D eigenvalue weighted by Crippen LogP contribution is 2.31. The van der Waals surface area contributed by atoms with E-state index in [2.05, 4.69) is 9.38 Å². The lowest BCUT2D eigenvalue weighted by atomic mass is 10.1. The molecule has 0 spiro atoms. The first-order valence-corrected chi connectivity index (χ1v) is 9.89. The molecule has 26 heavy (non-hydrogen) atoms. The average Bonchev–Trinajstić information content (AvgIpc) is 2.53. The standard InChI is InChI=1S/C19H25ClN2O3S/c1-11(2)25-17-10-16-13(9-15(17)20)8-14(18(21-16)24-7)12(3)22-26(23)19(4,5)6/h8-11H,1-7H3/p+1. The van der Waals surface area contributed by atoms with Crippen molar-refractivity contribution >= 4 is 39.2 Å². The van der Waals surface area contributed by atoms with Crippen LogP contribution in [0, 0.1) is 0 Å². The number of hydrogen-bond donors (Lipinski definition) is 0. The summed E-state index contributed by atoms with van der Waals surface area (Å²) in [5, 5.41) is 1.42. The van der Waals surface area contributed by atoms with Gasteiger partial charge in [-0.15, -0.1) is 0 Å². The molecule has 7 heteroatoms. The summed E-state index contributed by atoms with van der Waals surface area (Å²) in [7, 11) is 0.226. The van der Waals surface area contributed by atoms with E-state index in [1.54, 1.807) is 7.11 Å². The highest BCUT2D eigenvalue weighted by atomic mass is 35.5. The average molecular weight is 398 g/mol. The van der Waals surface area contributed by atoms with Crippen LogP contribution in [0.25, 0.3) is 10.9 Å². The third-order valence-electron chi connectivity index (χ3n) is 3.60. The first-order valence-electron chi connectivity index (χ1n) is 8.40. The van der Waals surface area contributed by atoms with Gasteiger partial charge in [0, 0.05) is 5.39 Å². The molecule has 0 saturated heterocycles. The number of nitrogens with one attached hydrogen (secondary N) is 1. The lowest BCUT2D eigenvalue weighted by molar-refractivity contribution is -0.361. The number of ether oxygens (including phenoxy) is 2. The van der Waals surface area contributed by atoms with E-state index in [1.807, 2.05) is 59.7 Å². The van der Waals surface area contributed by atoms with Gasteiger partial charge in [0.15, 0.2) is 0 Å². The minimum atomic E-state index is -1.35. The topological polar surface area (TPSA) is 62.0 Å². The lowest BCUT2D eigenvalue weighted by Gasteiger charge is -2.14. The molecule has 0 saturated carbocycles. The highest BCUT2D eigenvalue weighted by Gasteiger charge is 2.23. The summed E-state index contributed by atoms with van der Waals surface area (Å²) in [6.07, 6.45) is 0.0212. The second-order valence-corrected chi connectivity index (χ2v) is 9.60. The summed E-state index contributed by atoms with van der Waals surface area (Å²) >= 11 is 6.35. The molecule has 142 valence electrons. The van der Waals surface area contributed by atoms with Crippen molar-refractivity contribution in [3.8, 4) is 11.6 Å². The Morgan fingerprint density at radius 3 is 2.46 bits per heavy atom. The zero-order chi connectivity index (χ0) is 19.6. The van der Waals surface area contributed by atoms with E-state index in [1.165, 1.54) is 0 Å². The van der Waals surface area contributed by atoms with Crippen molar-refractivity contribution in [1.29, 1.82) is 0 Å². The predicted molar refractivity (Wildman–Crippen MR) is 108 cm³/mol. The molecule has 0 fully saturated rings. The quantitative estimate of drug-likeness (QED) is 0.703. The van der Waals surface area contributed by atoms with Crippen LogP contribution in [0.3, 0.4) is 0 Å². The Hall–Kier alpha value is -1.66. The van der Waals surface area contributed by atoms with E-state index in [4.69, 9.17) is 21.1 Å². The maximum Gasteiger partial charge on any atom is 0.375 e. The minimum Gasteiger partial charge on any atom is -0.489 e. The molecule has 1 atom stereocenters. The van der Waals surface area contributed by atoms with Gasteiger partial charge in [-0.05, 0) is 53.7 Å². The number of halogens is 1. The number of rotatable bonds is 5. The van der Waals surface area contributed by atoms with Crippen molar-refractivity contribution in [2.24, 2.45) is 4.40 Å². The number of aromatic amines is 1. The molecule has 5 nitrogen and oxygen atoms in total. The number of aromatic nitrogens is 1. The van der Waals surface area contributed by atoms with E-state index < -0.39 is 15.7 Å². The molecular formula is C19H26ClN2O3S+. The third kappa shape index (κ3) is 4.74. The van der Waals surface area contributed by atoms with Crippen LogP contribution >= 0.6 is 11.6 Å². The molecule has 1 heterocycles. The third-order valence-corrected chi connectivity index (χ3v) is 5.38. The molecule has 0 radical (unpaired) electrons. The van der Waals surface area contributed by atoms with Crippen LogP contribution < -0.4 is 14.5 Å². The Bertz CT molecular complexity index is 873. The number of fused-ring (bicyclic) bond motifs is 1. The molecule has 0 amide bonds. The van der Waals surface area contributed by atoms with Crippen molar-refractivity contribution in [2.75, 3.05) is 7.11 Å². The van der Waals surface area contributed by atoms with Crippen LogP contribution in [-0.2, 0) is 11.0 Å². The molecule has 1 aromatic heterocycles. The molecule has 2 rings (SSSR count). The van der Waals surface area contributed by atoms with Gasteiger partial charge in [-0.1, -0.05) is 11.6 Å². The second kappa shape index (κ2) is 7.92. The Labute approximate surface area is 162 Å². The number of methoxy groups -OCH3 is 1. The van der Waals surface area contributed by atoms with E-state index in [9.17, 15) is 4.21 Å². The number of H-pyrrole nitrogens is 1. The lowest BCUT2D eigenvalue weighted by Crippen LogP contribution is -2.21. The van der Waals surface area contributed by atoms with Gasteiger partial charge >= 0.3 is 5.88 Å². The monoisotopic (exact) mass is 397 g/mol. The Balaban J connectivity index is 2.58. The number of hydrogen-bond acceptors (Lipinski definition) is 3. The van der Waals surface area contributed by atoms with E-state index in [0.717, 1.165) is 16.5 Å². The largest absolute Gasteiger partial charge is 0.489 e. The molecular weight excluding hydrogens is 372 g/mol. The summed E-state index contributed by atoms with van der Waals surface area (Å²) in [6, 6.07) is 5.61. The van der Waals surface area contributed by atoms with Crippen LogP contribution in [0.1, 0.15) is 47.1 Å². The van der Waals surface area contributed by atoms with Crippen LogP contribution in [0.15, 0.2) is 22.6 Å². The Morgan fingerprint density at radius 2 is 1.92 bits per heavy atom. The molecule has 0 bridgehead atoms. The smallest absolute Gasteiger partial charge is 0.375 e. The molecule has 2 aromatic rings. The van der Waals surface area contributed by atoms with Crippen LogP contribution in [0.4, 0.5) is 0 Å². The molecule has 0 aliphatic rings. The fourth-order valence-corrected chi connectivity index (χ4v) is 3.13. The summed E-state index contributed by atoms with van der Waals surface area (Å²) in [5.74, 6) is 1.15. The van der Waals surface area contributed by atoms with Gasteiger partial charge in [0.2, 0.25) is 5.52 Å². The Morgan fingerprint density at radius 1 is 1.27 bits per heavy atom. The molecule has 1 aromatic carbocycles. The normalized spacial score (nSPS) is 14.0. The summed E-state index contributed by atoms with van der Waals surface area (Å²) < 4.78 is 27.5. The zero-order valence-electron chi connectivity index (χ0n) is 16.3. The maximum absolute atomic E-state index is 12.3. The van der Waals surface area contributed by atoms with Crippen molar-refractivity contribution < 1.29 is 18.7 Å². The van der Waals surface area contributed by atoms with E-state index >= 15 is 0 Å². The van der Waals surface area contributed by atoms with Crippen LogP contribution in [0.2, 0.25) is 5.02 Å². The van der Waals surface area contributed by atoms with Crippen molar-refractivity contribution in [3.05, 3.63) is 28.8 Å². The molecule has 0 aliphatic heterocycles. The van der Waals surface area contributed by atoms with E-state index in [-0.39, 0.29) is 6.10 Å². The predicted octanol–water partition coefficient (Wildman–Crippen LogP) is 4.37. The SMILES string of the molecule is COc1[nH+]c2cc(OC(C)C)c(Cl)cc2cc1C(C)=NS(=O)C(C)(C)C. The summed E-state index contributed by atoms with van der Waals surface area (Å²) in [6.45, 7) is 11.4. The van der Waals surface area contributed by atoms with Gasteiger partial charge in [-0.2, -0.15) is 9.38 Å².